The summed E-state index contributed by atoms with van der Waals surface area (Å²) in [5, 5.41) is 10.9. The zero-order valence-corrected chi connectivity index (χ0v) is 16.0. The van der Waals surface area contributed by atoms with Gasteiger partial charge in [-0.05, 0) is 17.7 Å². The predicted molar refractivity (Wildman–Crippen MR) is 107 cm³/mol. The minimum atomic E-state index is -0.644. The summed E-state index contributed by atoms with van der Waals surface area (Å²) in [4.78, 5) is 17.8. The van der Waals surface area contributed by atoms with Crippen LogP contribution >= 0.6 is 0 Å². The minimum absolute atomic E-state index is 0.233. The lowest BCUT2D eigenvalue weighted by atomic mass is 10.0. The summed E-state index contributed by atoms with van der Waals surface area (Å²) in [6.45, 7) is 0.496. The Balaban J connectivity index is 1.13. The number of hydrogen-bond donors (Lipinski definition) is 1. The first-order valence-electron chi connectivity index (χ1n) is 9.63. The smallest absolute Gasteiger partial charge is 0.264 e. The van der Waals surface area contributed by atoms with Gasteiger partial charge in [0.1, 0.15) is 5.69 Å². The number of rotatable bonds is 6. The Morgan fingerprint density at radius 3 is 2.83 bits per heavy atom. The lowest BCUT2D eigenvalue weighted by molar-refractivity contribution is -0.131. The molecule has 0 bridgehead atoms. The molecule has 0 spiro atoms. The number of benzene rings is 2. The average molecular weight is 405 g/mol. The van der Waals surface area contributed by atoms with Gasteiger partial charge in [0.25, 0.3) is 5.91 Å². The maximum atomic E-state index is 12.4. The third-order valence-electron chi connectivity index (χ3n) is 4.93. The maximum absolute atomic E-state index is 12.4. The Morgan fingerprint density at radius 1 is 1.07 bits per heavy atom. The molecule has 1 aromatic heterocycles. The van der Waals surface area contributed by atoms with Crippen LogP contribution in [0.1, 0.15) is 17.7 Å². The quantitative estimate of drug-likeness (QED) is 0.677. The van der Waals surface area contributed by atoms with E-state index in [-0.39, 0.29) is 19.2 Å². The van der Waals surface area contributed by atoms with Crippen LogP contribution in [0.5, 0.6) is 11.5 Å². The third kappa shape index (κ3) is 3.84. The molecular weight excluding hydrogens is 386 g/mol. The van der Waals surface area contributed by atoms with Crippen molar-refractivity contribution in [1.82, 2.24) is 10.5 Å². The highest BCUT2D eigenvalue weighted by atomic mass is 16.7. The van der Waals surface area contributed by atoms with Gasteiger partial charge in [0.2, 0.25) is 12.9 Å². The average Bonchev–Trinajstić information content (AvgIpc) is 3.53. The van der Waals surface area contributed by atoms with Crippen molar-refractivity contribution in [2.75, 3.05) is 6.79 Å². The molecule has 0 saturated heterocycles. The van der Waals surface area contributed by atoms with E-state index in [1.54, 1.807) is 0 Å². The van der Waals surface area contributed by atoms with Crippen LogP contribution in [-0.4, -0.2) is 29.7 Å². The molecule has 1 N–H and O–H groups in total. The molecule has 2 aliphatic heterocycles. The van der Waals surface area contributed by atoms with E-state index in [0.29, 0.717) is 24.3 Å². The summed E-state index contributed by atoms with van der Waals surface area (Å²) in [6.07, 6.45) is 0.382. The molecule has 0 fully saturated rings. The highest BCUT2D eigenvalue weighted by Crippen LogP contribution is 2.33. The zero-order valence-electron chi connectivity index (χ0n) is 16.0. The van der Waals surface area contributed by atoms with Gasteiger partial charge in [0.05, 0.1) is 12.3 Å². The largest absolute Gasteiger partial charge is 0.454 e. The molecule has 0 aliphatic carbocycles. The molecule has 0 saturated carbocycles. The highest BCUT2D eigenvalue weighted by Gasteiger charge is 2.28. The van der Waals surface area contributed by atoms with Gasteiger partial charge in [-0.1, -0.05) is 46.7 Å². The monoisotopic (exact) mass is 405 g/mol. The second-order valence-electron chi connectivity index (χ2n) is 7.09. The molecule has 5 rings (SSSR count). The van der Waals surface area contributed by atoms with Crippen LogP contribution in [0.3, 0.4) is 0 Å². The Kier molecular flexibility index (Phi) is 4.80. The van der Waals surface area contributed by atoms with Crippen LogP contribution in [0.15, 0.2) is 64.3 Å². The standard InChI is InChI=1S/C22H19N3O5/c26-22(23-12-17-11-19(29-25-17)15-4-2-1-3-5-15)21-10-16(24-30-21)8-14-6-7-18-20(9-14)28-13-27-18/h1-7,9,11,21H,8,10,12-13H2,(H,23,26). The Morgan fingerprint density at radius 2 is 1.93 bits per heavy atom. The molecule has 1 amide bonds. The van der Waals surface area contributed by atoms with Gasteiger partial charge in [0, 0.05) is 24.5 Å². The van der Waals surface area contributed by atoms with Crippen molar-refractivity contribution in [3.05, 3.63) is 65.9 Å². The Hall–Kier alpha value is -3.81. The summed E-state index contributed by atoms with van der Waals surface area (Å²) >= 11 is 0. The predicted octanol–water partition coefficient (Wildman–Crippen LogP) is 3.07. The van der Waals surface area contributed by atoms with Crippen molar-refractivity contribution < 1.29 is 23.6 Å². The van der Waals surface area contributed by atoms with Crippen molar-refractivity contribution in [3.8, 4) is 22.8 Å². The van der Waals surface area contributed by atoms with E-state index < -0.39 is 6.10 Å². The van der Waals surface area contributed by atoms with Gasteiger partial charge in [-0.3, -0.25) is 4.79 Å². The van der Waals surface area contributed by atoms with E-state index in [9.17, 15) is 4.79 Å². The lowest BCUT2D eigenvalue weighted by Crippen LogP contribution is -2.34. The molecule has 0 radical (unpaired) electrons. The third-order valence-corrected chi connectivity index (χ3v) is 4.93. The fourth-order valence-electron chi connectivity index (χ4n) is 3.38. The molecule has 1 unspecified atom stereocenters. The van der Waals surface area contributed by atoms with Crippen molar-refractivity contribution in [2.45, 2.75) is 25.5 Å². The topological polar surface area (TPSA) is 95.2 Å². The Labute approximate surface area is 172 Å². The number of nitrogens with one attached hydrogen (secondary N) is 1. The number of nitrogens with zero attached hydrogens (tertiary/aromatic N) is 2. The number of amides is 1. The second kappa shape index (κ2) is 7.90. The van der Waals surface area contributed by atoms with Gasteiger partial charge >= 0.3 is 0 Å². The molecule has 2 aromatic carbocycles. The first-order valence-corrected chi connectivity index (χ1v) is 9.63. The number of fused-ring (bicyclic) bond motifs is 1. The summed E-state index contributed by atoms with van der Waals surface area (Å²) in [7, 11) is 0. The van der Waals surface area contributed by atoms with Crippen molar-refractivity contribution in [1.29, 1.82) is 0 Å². The van der Waals surface area contributed by atoms with E-state index in [0.717, 1.165) is 28.3 Å². The van der Waals surface area contributed by atoms with Crippen LogP contribution < -0.4 is 14.8 Å². The molecule has 3 heterocycles. The van der Waals surface area contributed by atoms with Crippen LogP contribution in [0, 0.1) is 0 Å². The summed E-state index contributed by atoms with van der Waals surface area (Å²) in [5.74, 6) is 1.89. The molecular formula is C22H19N3O5. The van der Waals surface area contributed by atoms with Gasteiger partial charge < -0.3 is 24.2 Å². The van der Waals surface area contributed by atoms with Crippen LogP contribution in [-0.2, 0) is 22.6 Å². The molecule has 3 aromatic rings. The van der Waals surface area contributed by atoms with Crippen LogP contribution in [0.4, 0.5) is 0 Å². The van der Waals surface area contributed by atoms with Crippen LogP contribution in [0.2, 0.25) is 0 Å². The summed E-state index contributed by atoms with van der Waals surface area (Å²) < 4.78 is 16.1. The number of ether oxygens (including phenoxy) is 2. The minimum Gasteiger partial charge on any atom is -0.454 e. The van der Waals surface area contributed by atoms with E-state index >= 15 is 0 Å². The number of hydrogen-bond acceptors (Lipinski definition) is 7. The van der Waals surface area contributed by atoms with E-state index in [1.165, 1.54) is 0 Å². The summed E-state index contributed by atoms with van der Waals surface area (Å²) in [6, 6.07) is 17.2. The number of carbonyl (C=O) groups excluding carboxylic acids is 1. The Bertz CT molecular complexity index is 1090. The molecule has 1 atom stereocenters. The van der Waals surface area contributed by atoms with E-state index in [1.807, 2.05) is 54.6 Å². The summed E-state index contributed by atoms with van der Waals surface area (Å²) in [5.41, 5.74) is 3.41. The maximum Gasteiger partial charge on any atom is 0.264 e. The van der Waals surface area contributed by atoms with Crippen LogP contribution in [0.25, 0.3) is 11.3 Å². The van der Waals surface area contributed by atoms with Crippen molar-refractivity contribution in [3.63, 3.8) is 0 Å². The molecule has 30 heavy (non-hydrogen) atoms. The van der Waals surface area contributed by atoms with Gasteiger partial charge in [-0.25, -0.2) is 0 Å². The molecule has 2 aliphatic rings. The second-order valence-corrected chi connectivity index (χ2v) is 7.09. The fourth-order valence-corrected chi connectivity index (χ4v) is 3.38. The SMILES string of the molecule is O=C(NCc1cc(-c2ccccc2)on1)C1CC(Cc2ccc3c(c2)OCO3)=NO1. The van der Waals surface area contributed by atoms with E-state index in [2.05, 4.69) is 15.6 Å². The van der Waals surface area contributed by atoms with Crippen molar-refractivity contribution >= 4 is 11.6 Å². The van der Waals surface area contributed by atoms with Gasteiger partial charge in [-0.2, -0.15) is 0 Å². The van der Waals surface area contributed by atoms with Crippen molar-refractivity contribution in [2.24, 2.45) is 5.16 Å². The lowest BCUT2D eigenvalue weighted by Gasteiger charge is -2.08. The molecule has 152 valence electrons. The number of aromatic nitrogens is 1. The van der Waals surface area contributed by atoms with Gasteiger partial charge in [-0.15, -0.1) is 0 Å². The van der Waals surface area contributed by atoms with E-state index in [4.69, 9.17) is 18.8 Å². The molecule has 8 heteroatoms. The van der Waals surface area contributed by atoms with Gasteiger partial charge in [0.15, 0.2) is 17.3 Å². The number of carbonyl (C=O) groups is 1. The first-order chi connectivity index (χ1) is 14.7. The highest BCUT2D eigenvalue weighted by molar-refractivity contribution is 5.94. The zero-order chi connectivity index (χ0) is 20.3. The normalized spacial score (nSPS) is 16.8. The fraction of sp³-hybridized carbons (Fsp3) is 0.227. The number of oxime groups is 1. The molecule has 8 nitrogen and oxygen atoms in total. The first kappa shape index (κ1) is 18.2.